The standard InChI is InChI=1S/C12H11N5O2/c1-16-6-5-13-10(16)7-17-11-8(12(18)19)3-2-4-9(11)14-15-17/h2-6H,7H2,1H3,(H,18,19). The largest absolute Gasteiger partial charge is 0.478 e. The first kappa shape index (κ1) is 11.4. The molecule has 0 aliphatic heterocycles. The molecule has 7 nitrogen and oxygen atoms in total. The van der Waals surface area contributed by atoms with Crippen LogP contribution in [0.15, 0.2) is 30.6 Å². The highest BCUT2D eigenvalue weighted by atomic mass is 16.4. The fraction of sp³-hybridized carbons (Fsp3) is 0.167. The molecule has 3 aromatic rings. The van der Waals surface area contributed by atoms with E-state index in [0.29, 0.717) is 17.6 Å². The van der Waals surface area contributed by atoms with Crippen molar-refractivity contribution in [2.45, 2.75) is 6.54 Å². The fourth-order valence-electron chi connectivity index (χ4n) is 2.00. The highest BCUT2D eigenvalue weighted by Crippen LogP contribution is 2.17. The van der Waals surface area contributed by atoms with E-state index in [1.165, 1.54) is 0 Å². The van der Waals surface area contributed by atoms with E-state index < -0.39 is 5.97 Å². The number of aryl methyl sites for hydroxylation is 1. The summed E-state index contributed by atoms with van der Waals surface area (Å²) in [6.07, 6.45) is 3.51. The van der Waals surface area contributed by atoms with Crippen molar-refractivity contribution in [1.82, 2.24) is 24.5 Å². The van der Waals surface area contributed by atoms with Gasteiger partial charge in [-0.15, -0.1) is 5.10 Å². The summed E-state index contributed by atoms with van der Waals surface area (Å²) in [5, 5.41) is 17.2. The molecule has 0 aliphatic rings. The van der Waals surface area contributed by atoms with Crippen molar-refractivity contribution in [1.29, 1.82) is 0 Å². The highest BCUT2D eigenvalue weighted by molar-refractivity contribution is 6.00. The third kappa shape index (κ3) is 1.85. The number of hydrogen-bond donors (Lipinski definition) is 1. The molecule has 7 heteroatoms. The number of aromatic nitrogens is 5. The Kier molecular flexibility index (Phi) is 2.52. The second-order valence-electron chi connectivity index (χ2n) is 4.18. The van der Waals surface area contributed by atoms with E-state index in [1.54, 1.807) is 29.1 Å². The molecule has 0 aliphatic carbocycles. The minimum Gasteiger partial charge on any atom is -0.478 e. The van der Waals surface area contributed by atoms with E-state index in [-0.39, 0.29) is 5.56 Å². The molecule has 2 aromatic heterocycles. The van der Waals surface area contributed by atoms with Crippen LogP contribution in [0.2, 0.25) is 0 Å². The number of benzene rings is 1. The van der Waals surface area contributed by atoms with Crippen molar-refractivity contribution in [3.8, 4) is 0 Å². The van der Waals surface area contributed by atoms with E-state index >= 15 is 0 Å². The van der Waals surface area contributed by atoms with Crippen LogP contribution in [0.4, 0.5) is 0 Å². The van der Waals surface area contributed by atoms with Gasteiger partial charge in [0.1, 0.15) is 23.4 Å². The van der Waals surface area contributed by atoms with E-state index in [1.807, 2.05) is 17.8 Å². The molecule has 96 valence electrons. The van der Waals surface area contributed by atoms with Gasteiger partial charge in [-0.25, -0.2) is 14.5 Å². The van der Waals surface area contributed by atoms with Gasteiger partial charge in [-0.2, -0.15) is 0 Å². The molecule has 19 heavy (non-hydrogen) atoms. The minimum absolute atomic E-state index is 0.191. The van der Waals surface area contributed by atoms with E-state index in [0.717, 1.165) is 5.82 Å². The van der Waals surface area contributed by atoms with Gasteiger partial charge in [0.05, 0.1) is 5.56 Å². The van der Waals surface area contributed by atoms with Crippen LogP contribution >= 0.6 is 0 Å². The molecule has 0 saturated heterocycles. The number of fused-ring (bicyclic) bond motifs is 1. The summed E-state index contributed by atoms with van der Waals surface area (Å²) in [6.45, 7) is 0.379. The van der Waals surface area contributed by atoms with Gasteiger partial charge in [0.25, 0.3) is 0 Å². The van der Waals surface area contributed by atoms with Crippen LogP contribution in [0.25, 0.3) is 11.0 Å². The number of imidazole rings is 1. The third-order valence-electron chi connectivity index (χ3n) is 2.98. The van der Waals surface area contributed by atoms with E-state index in [4.69, 9.17) is 0 Å². The van der Waals surface area contributed by atoms with Crippen LogP contribution in [0.5, 0.6) is 0 Å². The number of hydrogen-bond acceptors (Lipinski definition) is 4. The number of nitrogens with zero attached hydrogens (tertiary/aromatic N) is 5. The fourth-order valence-corrected chi connectivity index (χ4v) is 2.00. The van der Waals surface area contributed by atoms with E-state index in [9.17, 15) is 9.90 Å². The highest BCUT2D eigenvalue weighted by Gasteiger charge is 2.15. The first-order chi connectivity index (χ1) is 9.16. The smallest absolute Gasteiger partial charge is 0.337 e. The van der Waals surface area contributed by atoms with Crippen LogP contribution in [0.3, 0.4) is 0 Å². The van der Waals surface area contributed by atoms with Crippen molar-refractivity contribution in [3.05, 3.63) is 42.0 Å². The normalized spacial score (nSPS) is 11.0. The Hall–Kier alpha value is -2.70. The second kappa shape index (κ2) is 4.20. The number of rotatable bonds is 3. The van der Waals surface area contributed by atoms with Gasteiger partial charge >= 0.3 is 5.97 Å². The predicted octanol–water partition coefficient (Wildman–Crippen LogP) is 0.911. The molecule has 0 bridgehead atoms. The summed E-state index contributed by atoms with van der Waals surface area (Å²) in [6, 6.07) is 4.94. The van der Waals surface area contributed by atoms with Crippen molar-refractivity contribution in [2.75, 3.05) is 0 Å². The van der Waals surface area contributed by atoms with Gasteiger partial charge in [0.2, 0.25) is 0 Å². The summed E-state index contributed by atoms with van der Waals surface area (Å²) >= 11 is 0. The van der Waals surface area contributed by atoms with Crippen molar-refractivity contribution >= 4 is 17.0 Å². The quantitative estimate of drug-likeness (QED) is 0.753. The van der Waals surface area contributed by atoms with Crippen molar-refractivity contribution in [2.24, 2.45) is 7.05 Å². The first-order valence-corrected chi connectivity index (χ1v) is 5.68. The zero-order chi connectivity index (χ0) is 13.4. The third-order valence-corrected chi connectivity index (χ3v) is 2.98. The van der Waals surface area contributed by atoms with Crippen molar-refractivity contribution in [3.63, 3.8) is 0 Å². The van der Waals surface area contributed by atoms with E-state index in [2.05, 4.69) is 15.3 Å². The van der Waals surface area contributed by atoms with Gasteiger partial charge < -0.3 is 9.67 Å². The lowest BCUT2D eigenvalue weighted by Gasteiger charge is -2.04. The lowest BCUT2D eigenvalue weighted by Crippen LogP contribution is -2.09. The summed E-state index contributed by atoms with van der Waals surface area (Å²) in [5.74, 6) is -0.207. The monoisotopic (exact) mass is 257 g/mol. The summed E-state index contributed by atoms with van der Waals surface area (Å²) < 4.78 is 3.41. The summed E-state index contributed by atoms with van der Waals surface area (Å²) in [5.41, 5.74) is 1.27. The lowest BCUT2D eigenvalue weighted by molar-refractivity contribution is 0.0698. The molecule has 0 spiro atoms. The van der Waals surface area contributed by atoms with Crippen LogP contribution in [-0.4, -0.2) is 35.6 Å². The SMILES string of the molecule is Cn1ccnc1Cn1nnc2cccc(C(=O)O)c21. The maximum atomic E-state index is 11.2. The number of carbonyl (C=O) groups is 1. The Labute approximate surface area is 108 Å². The first-order valence-electron chi connectivity index (χ1n) is 5.68. The predicted molar refractivity (Wildman–Crippen MR) is 66.8 cm³/mol. The molecule has 1 N–H and O–H groups in total. The van der Waals surface area contributed by atoms with Gasteiger partial charge in [-0.3, -0.25) is 0 Å². The summed E-state index contributed by atoms with van der Waals surface area (Å²) in [4.78, 5) is 15.4. The Morgan fingerprint density at radius 3 is 2.95 bits per heavy atom. The van der Waals surface area contributed by atoms with Crippen LogP contribution < -0.4 is 0 Å². The zero-order valence-corrected chi connectivity index (χ0v) is 10.2. The maximum absolute atomic E-state index is 11.2. The molecule has 1 aromatic carbocycles. The number of carboxylic acid groups (broad SMARTS) is 1. The van der Waals surface area contributed by atoms with Gasteiger partial charge in [0, 0.05) is 19.4 Å². The number of para-hydroxylation sites is 1. The topological polar surface area (TPSA) is 85.8 Å². The second-order valence-corrected chi connectivity index (χ2v) is 4.18. The maximum Gasteiger partial charge on any atom is 0.337 e. The summed E-state index contributed by atoms with van der Waals surface area (Å²) in [7, 11) is 1.87. The average Bonchev–Trinajstić information content (AvgIpc) is 2.97. The Bertz CT molecular complexity index is 758. The van der Waals surface area contributed by atoms with Crippen LogP contribution in [-0.2, 0) is 13.6 Å². The van der Waals surface area contributed by atoms with Crippen LogP contribution in [0, 0.1) is 0 Å². The number of carboxylic acids is 1. The molecule has 0 saturated carbocycles. The van der Waals surface area contributed by atoms with Gasteiger partial charge in [-0.1, -0.05) is 11.3 Å². The van der Waals surface area contributed by atoms with Gasteiger partial charge in [0.15, 0.2) is 0 Å². The van der Waals surface area contributed by atoms with Gasteiger partial charge in [-0.05, 0) is 12.1 Å². The molecule has 0 atom stereocenters. The molecular weight excluding hydrogens is 246 g/mol. The molecule has 2 heterocycles. The zero-order valence-electron chi connectivity index (χ0n) is 10.2. The Morgan fingerprint density at radius 2 is 2.26 bits per heavy atom. The molecule has 0 fully saturated rings. The molecule has 0 amide bonds. The molecule has 0 radical (unpaired) electrons. The molecule has 0 unspecified atom stereocenters. The Morgan fingerprint density at radius 1 is 1.42 bits per heavy atom. The molecular formula is C12H11N5O2. The minimum atomic E-state index is -0.992. The average molecular weight is 257 g/mol. The Balaban J connectivity index is 2.14. The lowest BCUT2D eigenvalue weighted by atomic mass is 10.2. The van der Waals surface area contributed by atoms with Crippen LogP contribution in [0.1, 0.15) is 16.2 Å². The number of aromatic carboxylic acids is 1. The molecule has 3 rings (SSSR count). The van der Waals surface area contributed by atoms with Crippen molar-refractivity contribution < 1.29 is 9.90 Å².